The van der Waals surface area contributed by atoms with Crippen molar-refractivity contribution in [1.82, 2.24) is 10.3 Å². The summed E-state index contributed by atoms with van der Waals surface area (Å²) in [5.41, 5.74) is 0.678. The predicted molar refractivity (Wildman–Crippen MR) is 74.3 cm³/mol. The Hall–Kier alpha value is -1.16. The highest BCUT2D eigenvalue weighted by Gasteiger charge is 2.16. The second kappa shape index (κ2) is 7.31. The lowest BCUT2D eigenvalue weighted by Crippen LogP contribution is -2.30. The summed E-state index contributed by atoms with van der Waals surface area (Å²) in [6.07, 6.45) is 3.81. The molecule has 0 aromatic carbocycles. The topological polar surface area (TPSA) is 28.2 Å². The van der Waals surface area contributed by atoms with E-state index in [9.17, 15) is 4.39 Å². The summed E-state index contributed by atoms with van der Waals surface area (Å²) in [6, 6.07) is 2.03. The summed E-state index contributed by atoms with van der Waals surface area (Å²) in [6.45, 7) is 7.62. The Balaban J connectivity index is 2.88. The van der Waals surface area contributed by atoms with Gasteiger partial charge in [0.25, 0.3) is 0 Å². The number of anilines is 1. The van der Waals surface area contributed by atoms with Crippen LogP contribution in [-0.4, -0.2) is 24.6 Å². The highest BCUT2D eigenvalue weighted by molar-refractivity contribution is 5.43. The summed E-state index contributed by atoms with van der Waals surface area (Å²) in [5.74, 6) is 0.246. The Morgan fingerprint density at radius 2 is 2.17 bits per heavy atom. The van der Waals surface area contributed by atoms with Crippen LogP contribution in [0, 0.1) is 5.82 Å². The molecule has 1 N–H and O–H groups in total. The third kappa shape index (κ3) is 3.67. The Bertz CT molecular complexity index is 368. The molecule has 102 valence electrons. The maximum absolute atomic E-state index is 14.3. The van der Waals surface area contributed by atoms with Crippen molar-refractivity contribution < 1.29 is 4.39 Å². The fourth-order valence-electron chi connectivity index (χ4n) is 1.93. The smallest absolute Gasteiger partial charge is 0.170 e. The van der Waals surface area contributed by atoms with Crippen molar-refractivity contribution >= 4 is 5.82 Å². The largest absolute Gasteiger partial charge is 0.355 e. The fourth-order valence-corrected chi connectivity index (χ4v) is 1.93. The third-order valence-corrected chi connectivity index (χ3v) is 3.22. The van der Waals surface area contributed by atoms with Crippen molar-refractivity contribution in [2.45, 2.75) is 46.2 Å². The molecule has 0 aliphatic rings. The maximum atomic E-state index is 14.3. The van der Waals surface area contributed by atoms with E-state index < -0.39 is 0 Å². The Kier molecular flexibility index (Phi) is 6.05. The number of nitrogens with one attached hydrogen (secondary N) is 1. The molecule has 0 radical (unpaired) electrons. The summed E-state index contributed by atoms with van der Waals surface area (Å²) in [7, 11) is 1.91. The number of nitrogens with zero attached hydrogens (tertiary/aromatic N) is 2. The lowest BCUT2D eigenvalue weighted by atomic mass is 10.1. The van der Waals surface area contributed by atoms with Crippen molar-refractivity contribution in [3.63, 3.8) is 0 Å². The van der Waals surface area contributed by atoms with Crippen LogP contribution in [0.1, 0.15) is 39.2 Å². The molecule has 4 heteroatoms. The van der Waals surface area contributed by atoms with E-state index in [-0.39, 0.29) is 5.82 Å². The van der Waals surface area contributed by atoms with Crippen molar-refractivity contribution in [2.24, 2.45) is 0 Å². The van der Waals surface area contributed by atoms with Gasteiger partial charge in [-0.25, -0.2) is 9.37 Å². The molecule has 0 aliphatic heterocycles. The van der Waals surface area contributed by atoms with Gasteiger partial charge in [-0.1, -0.05) is 20.3 Å². The van der Waals surface area contributed by atoms with Gasteiger partial charge in [0.15, 0.2) is 11.6 Å². The fraction of sp³-hybridized carbons (Fsp3) is 0.643. The molecule has 1 heterocycles. The molecule has 1 aromatic heterocycles. The predicted octanol–water partition coefficient (Wildman–Crippen LogP) is 2.96. The monoisotopic (exact) mass is 253 g/mol. The third-order valence-electron chi connectivity index (χ3n) is 3.22. The van der Waals surface area contributed by atoms with Crippen LogP contribution >= 0.6 is 0 Å². The molecular formula is C14H24FN3. The van der Waals surface area contributed by atoms with E-state index in [0.29, 0.717) is 24.0 Å². The molecular weight excluding hydrogens is 229 g/mol. The van der Waals surface area contributed by atoms with E-state index in [0.717, 1.165) is 19.4 Å². The van der Waals surface area contributed by atoms with Crippen LogP contribution in [0.25, 0.3) is 0 Å². The number of pyridine rings is 1. The van der Waals surface area contributed by atoms with Gasteiger partial charge in [0.05, 0.1) is 0 Å². The molecule has 1 rings (SSSR count). The van der Waals surface area contributed by atoms with Crippen molar-refractivity contribution in [3.05, 3.63) is 23.6 Å². The van der Waals surface area contributed by atoms with Crippen LogP contribution in [0.4, 0.5) is 10.2 Å². The first kappa shape index (κ1) is 14.9. The first-order valence-corrected chi connectivity index (χ1v) is 6.68. The van der Waals surface area contributed by atoms with Crippen LogP contribution in [-0.2, 0) is 6.54 Å². The van der Waals surface area contributed by atoms with Crippen molar-refractivity contribution in [1.29, 1.82) is 0 Å². The molecule has 1 aromatic rings. The summed E-state index contributed by atoms with van der Waals surface area (Å²) in [5, 5.41) is 3.14. The highest BCUT2D eigenvalue weighted by Crippen LogP contribution is 2.21. The van der Waals surface area contributed by atoms with Crippen LogP contribution in [0.5, 0.6) is 0 Å². The quantitative estimate of drug-likeness (QED) is 0.809. The number of rotatable bonds is 7. The lowest BCUT2D eigenvalue weighted by molar-refractivity contribution is 0.558. The molecule has 3 nitrogen and oxygen atoms in total. The second-order valence-electron chi connectivity index (χ2n) is 4.64. The lowest BCUT2D eigenvalue weighted by Gasteiger charge is -2.26. The van der Waals surface area contributed by atoms with Crippen LogP contribution in [0.15, 0.2) is 12.3 Å². The molecule has 0 bridgehead atoms. The van der Waals surface area contributed by atoms with Crippen LogP contribution < -0.4 is 10.2 Å². The minimum Gasteiger partial charge on any atom is -0.355 e. The van der Waals surface area contributed by atoms with E-state index in [2.05, 4.69) is 24.1 Å². The average molecular weight is 253 g/mol. The standard InChI is InChI=1S/C14H24FN3/c1-5-7-11(3)18(4)14-13(15)12(8-9-17-14)10-16-6-2/h8-9,11,16H,5-7,10H2,1-4H3. The van der Waals surface area contributed by atoms with Crippen molar-refractivity contribution in [2.75, 3.05) is 18.5 Å². The van der Waals surface area contributed by atoms with Gasteiger partial charge in [0.2, 0.25) is 0 Å². The van der Waals surface area contributed by atoms with Crippen molar-refractivity contribution in [3.8, 4) is 0 Å². The van der Waals surface area contributed by atoms with Crippen LogP contribution in [0.3, 0.4) is 0 Å². The van der Waals surface area contributed by atoms with E-state index in [1.165, 1.54) is 0 Å². The van der Waals surface area contributed by atoms with Gasteiger partial charge >= 0.3 is 0 Å². The van der Waals surface area contributed by atoms with Gasteiger partial charge in [-0.05, 0) is 26.0 Å². The number of hydrogen-bond donors (Lipinski definition) is 1. The van der Waals surface area contributed by atoms with Gasteiger partial charge in [0, 0.05) is 31.4 Å². The molecule has 0 aliphatic carbocycles. The Labute approximate surface area is 109 Å². The van der Waals surface area contributed by atoms with E-state index in [1.807, 2.05) is 18.9 Å². The zero-order valence-corrected chi connectivity index (χ0v) is 11.8. The normalized spacial score (nSPS) is 12.5. The summed E-state index contributed by atoms with van der Waals surface area (Å²) >= 11 is 0. The average Bonchev–Trinajstić information content (AvgIpc) is 2.37. The van der Waals surface area contributed by atoms with Gasteiger partial charge in [0.1, 0.15) is 0 Å². The second-order valence-corrected chi connectivity index (χ2v) is 4.64. The van der Waals surface area contributed by atoms with Gasteiger partial charge in [-0.3, -0.25) is 0 Å². The molecule has 0 saturated heterocycles. The van der Waals surface area contributed by atoms with E-state index in [1.54, 1.807) is 12.3 Å². The Morgan fingerprint density at radius 3 is 2.78 bits per heavy atom. The SMILES string of the molecule is CCCC(C)N(C)c1nccc(CNCC)c1F. The molecule has 0 amide bonds. The minimum absolute atomic E-state index is 0.205. The molecule has 18 heavy (non-hydrogen) atoms. The van der Waals surface area contributed by atoms with Gasteiger partial charge in [-0.15, -0.1) is 0 Å². The molecule has 1 unspecified atom stereocenters. The maximum Gasteiger partial charge on any atom is 0.170 e. The molecule has 0 fully saturated rings. The number of halogens is 1. The molecule has 0 spiro atoms. The van der Waals surface area contributed by atoms with E-state index >= 15 is 0 Å². The first-order chi connectivity index (χ1) is 8.61. The highest BCUT2D eigenvalue weighted by atomic mass is 19.1. The number of hydrogen-bond acceptors (Lipinski definition) is 3. The first-order valence-electron chi connectivity index (χ1n) is 6.68. The zero-order chi connectivity index (χ0) is 13.5. The summed E-state index contributed by atoms with van der Waals surface area (Å²) < 4.78 is 14.3. The summed E-state index contributed by atoms with van der Waals surface area (Å²) in [4.78, 5) is 6.10. The molecule has 0 saturated carbocycles. The number of aromatic nitrogens is 1. The molecule has 1 atom stereocenters. The zero-order valence-electron chi connectivity index (χ0n) is 11.8. The van der Waals surface area contributed by atoms with Gasteiger partial charge < -0.3 is 10.2 Å². The van der Waals surface area contributed by atoms with Crippen LogP contribution in [0.2, 0.25) is 0 Å². The van der Waals surface area contributed by atoms with E-state index in [4.69, 9.17) is 0 Å². The Morgan fingerprint density at radius 1 is 1.44 bits per heavy atom. The van der Waals surface area contributed by atoms with Gasteiger partial charge in [-0.2, -0.15) is 0 Å². The minimum atomic E-state index is -0.205.